The number of hydrogen-bond acceptors (Lipinski definition) is 2. The lowest BCUT2D eigenvalue weighted by atomic mass is 9.94. The number of hydrogen-bond donors (Lipinski definition) is 1. The molecule has 0 amide bonds. The van der Waals surface area contributed by atoms with Gasteiger partial charge in [-0.3, -0.25) is 0 Å². The molecule has 2 unspecified atom stereocenters. The summed E-state index contributed by atoms with van der Waals surface area (Å²) < 4.78 is 0. The van der Waals surface area contributed by atoms with Gasteiger partial charge in [0.15, 0.2) is 0 Å². The van der Waals surface area contributed by atoms with Crippen LogP contribution in [0.1, 0.15) is 32.3 Å². The fourth-order valence-corrected chi connectivity index (χ4v) is 2.73. The molecule has 2 atom stereocenters. The molecule has 94 valence electrons. The Morgan fingerprint density at radius 3 is 2.76 bits per heavy atom. The molecule has 0 aliphatic carbocycles. The molecule has 1 aliphatic rings. The maximum absolute atomic E-state index is 9.12. The van der Waals surface area contributed by atoms with Gasteiger partial charge < -0.3 is 10.0 Å². The molecule has 17 heavy (non-hydrogen) atoms. The second kappa shape index (κ2) is 5.28. The Bertz CT molecular complexity index is 394. The number of rotatable bonds is 2. The van der Waals surface area contributed by atoms with Gasteiger partial charge in [0, 0.05) is 23.3 Å². The maximum Gasteiger partial charge on any atom is 0.0696 e. The topological polar surface area (TPSA) is 23.5 Å². The van der Waals surface area contributed by atoms with E-state index < -0.39 is 0 Å². The van der Waals surface area contributed by atoms with Crippen molar-refractivity contribution in [1.82, 2.24) is 0 Å². The first-order valence-corrected chi connectivity index (χ1v) is 6.65. The Labute approximate surface area is 108 Å². The number of halogens is 1. The predicted octanol–water partition coefficient (Wildman–Crippen LogP) is 3.46. The minimum absolute atomic E-state index is 0.00503. The Morgan fingerprint density at radius 1 is 1.35 bits per heavy atom. The minimum atomic E-state index is 0.00503. The molecule has 1 saturated heterocycles. The zero-order valence-electron chi connectivity index (χ0n) is 10.5. The van der Waals surface area contributed by atoms with Crippen LogP contribution in [0.2, 0.25) is 5.02 Å². The predicted molar refractivity (Wildman–Crippen MR) is 72.6 cm³/mol. The van der Waals surface area contributed by atoms with Gasteiger partial charge >= 0.3 is 0 Å². The van der Waals surface area contributed by atoms with Crippen LogP contribution in [0.15, 0.2) is 18.2 Å². The molecule has 0 saturated carbocycles. The van der Waals surface area contributed by atoms with E-state index in [1.165, 1.54) is 18.5 Å². The molecule has 2 nitrogen and oxygen atoms in total. The van der Waals surface area contributed by atoms with E-state index in [1.54, 1.807) is 0 Å². The van der Waals surface area contributed by atoms with E-state index in [4.69, 9.17) is 16.7 Å². The number of aliphatic hydroxyl groups excluding tert-OH is 1. The number of nitrogens with zero attached hydrogens (tertiary/aromatic N) is 1. The van der Waals surface area contributed by atoms with E-state index in [1.807, 2.05) is 12.1 Å². The van der Waals surface area contributed by atoms with Gasteiger partial charge in [0.25, 0.3) is 0 Å². The largest absolute Gasteiger partial charge is 0.392 e. The monoisotopic (exact) mass is 253 g/mol. The van der Waals surface area contributed by atoms with Crippen molar-refractivity contribution in [1.29, 1.82) is 0 Å². The van der Waals surface area contributed by atoms with E-state index >= 15 is 0 Å². The average Bonchev–Trinajstić information content (AvgIpc) is 2.32. The molecule has 1 heterocycles. The first kappa shape index (κ1) is 12.7. The quantitative estimate of drug-likeness (QED) is 0.873. The third-order valence-corrected chi connectivity index (χ3v) is 4.01. The van der Waals surface area contributed by atoms with Crippen molar-refractivity contribution in [2.45, 2.75) is 39.3 Å². The van der Waals surface area contributed by atoms with Crippen molar-refractivity contribution in [3.05, 3.63) is 28.8 Å². The van der Waals surface area contributed by atoms with Crippen molar-refractivity contribution in [2.24, 2.45) is 5.92 Å². The summed E-state index contributed by atoms with van der Waals surface area (Å²) in [5, 5.41) is 9.78. The van der Waals surface area contributed by atoms with Crippen LogP contribution in [0.3, 0.4) is 0 Å². The summed E-state index contributed by atoms with van der Waals surface area (Å²) in [6.45, 7) is 5.66. The maximum atomic E-state index is 9.12. The smallest absolute Gasteiger partial charge is 0.0696 e. The van der Waals surface area contributed by atoms with Crippen LogP contribution < -0.4 is 4.90 Å². The van der Waals surface area contributed by atoms with Gasteiger partial charge in [-0.25, -0.2) is 0 Å². The Morgan fingerprint density at radius 2 is 2.12 bits per heavy atom. The molecule has 0 aromatic heterocycles. The normalized spacial score (nSPS) is 25.1. The van der Waals surface area contributed by atoms with Crippen LogP contribution in [0, 0.1) is 5.92 Å². The summed E-state index contributed by atoms with van der Waals surface area (Å²) in [6, 6.07) is 6.53. The molecule has 0 bridgehead atoms. The molecule has 1 N–H and O–H groups in total. The van der Waals surface area contributed by atoms with E-state index in [-0.39, 0.29) is 6.61 Å². The first-order valence-electron chi connectivity index (χ1n) is 6.27. The second-order valence-corrected chi connectivity index (χ2v) is 5.52. The Balaban J connectivity index is 2.23. The summed E-state index contributed by atoms with van der Waals surface area (Å²) in [6.07, 6.45) is 2.54. The number of aliphatic hydroxyl groups is 1. The van der Waals surface area contributed by atoms with Gasteiger partial charge in [0.1, 0.15) is 0 Å². The minimum Gasteiger partial charge on any atom is -0.392 e. The third kappa shape index (κ3) is 2.75. The van der Waals surface area contributed by atoms with Crippen molar-refractivity contribution in [3.63, 3.8) is 0 Å². The first-order chi connectivity index (χ1) is 8.11. The Hall–Kier alpha value is -0.730. The standard InChI is InChI=1S/C14H20ClNO/c1-10-3-4-11(2)16(8-10)13-6-5-12(9-17)14(15)7-13/h5-7,10-11,17H,3-4,8-9H2,1-2H3. The van der Waals surface area contributed by atoms with Gasteiger partial charge in [-0.15, -0.1) is 0 Å². The van der Waals surface area contributed by atoms with Crippen LogP contribution in [-0.4, -0.2) is 17.7 Å². The zero-order valence-corrected chi connectivity index (χ0v) is 11.2. The number of benzene rings is 1. The van der Waals surface area contributed by atoms with Crippen LogP contribution in [-0.2, 0) is 6.61 Å². The number of anilines is 1. The molecule has 0 radical (unpaired) electrons. The third-order valence-electron chi connectivity index (χ3n) is 3.66. The lowest BCUT2D eigenvalue weighted by molar-refractivity contribution is 0.282. The van der Waals surface area contributed by atoms with E-state index in [9.17, 15) is 0 Å². The molecule has 2 rings (SSSR count). The summed E-state index contributed by atoms with van der Waals surface area (Å²) >= 11 is 6.15. The average molecular weight is 254 g/mol. The van der Waals surface area contributed by atoms with Crippen LogP contribution >= 0.6 is 11.6 Å². The van der Waals surface area contributed by atoms with E-state index in [0.29, 0.717) is 11.1 Å². The fourth-order valence-electron chi connectivity index (χ4n) is 2.49. The molecular weight excluding hydrogens is 234 g/mol. The molecule has 1 fully saturated rings. The van der Waals surface area contributed by atoms with Gasteiger partial charge in [-0.05, 0) is 43.4 Å². The summed E-state index contributed by atoms with van der Waals surface area (Å²) in [5.74, 6) is 0.738. The lowest BCUT2D eigenvalue weighted by Crippen LogP contribution is -2.41. The highest BCUT2D eigenvalue weighted by atomic mass is 35.5. The summed E-state index contributed by atoms with van der Waals surface area (Å²) in [4.78, 5) is 2.42. The van der Waals surface area contributed by atoms with Gasteiger partial charge in [0.05, 0.1) is 6.61 Å². The molecule has 1 aromatic rings. The molecule has 1 aromatic carbocycles. The highest BCUT2D eigenvalue weighted by Crippen LogP contribution is 2.30. The highest BCUT2D eigenvalue weighted by Gasteiger charge is 2.23. The SMILES string of the molecule is CC1CCC(C)N(c2ccc(CO)c(Cl)c2)C1. The molecule has 3 heteroatoms. The fraction of sp³-hybridized carbons (Fsp3) is 0.571. The number of piperidine rings is 1. The Kier molecular flexibility index (Phi) is 3.95. The lowest BCUT2D eigenvalue weighted by Gasteiger charge is -2.38. The summed E-state index contributed by atoms with van der Waals surface area (Å²) in [7, 11) is 0. The highest BCUT2D eigenvalue weighted by molar-refractivity contribution is 6.31. The van der Waals surface area contributed by atoms with Crippen molar-refractivity contribution >= 4 is 17.3 Å². The van der Waals surface area contributed by atoms with Crippen molar-refractivity contribution < 1.29 is 5.11 Å². The molecular formula is C14H20ClNO. The second-order valence-electron chi connectivity index (χ2n) is 5.12. The zero-order chi connectivity index (χ0) is 12.4. The van der Waals surface area contributed by atoms with Gasteiger partial charge in [-0.2, -0.15) is 0 Å². The van der Waals surface area contributed by atoms with Crippen LogP contribution in [0.4, 0.5) is 5.69 Å². The van der Waals surface area contributed by atoms with E-state index in [0.717, 1.165) is 18.0 Å². The van der Waals surface area contributed by atoms with Crippen LogP contribution in [0.25, 0.3) is 0 Å². The van der Waals surface area contributed by atoms with E-state index in [2.05, 4.69) is 24.8 Å². The van der Waals surface area contributed by atoms with Crippen molar-refractivity contribution in [3.8, 4) is 0 Å². The van der Waals surface area contributed by atoms with Gasteiger partial charge in [0.2, 0.25) is 0 Å². The van der Waals surface area contributed by atoms with Crippen LogP contribution in [0.5, 0.6) is 0 Å². The summed E-state index contributed by atoms with van der Waals surface area (Å²) in [5.41, 5.74) is 1.97. The van der Waals surface area contributed by atoms with Gasteiger partial charge in [-0.1, -0.05) is 24.6 Å². The van der Waals surface area contributed by atoms with Crippen molar-refractivity contribution in [2.75, 3.05) is 11.4 Å². The molecule has 0 spiro atoms. The molecule has 1 aliphatic heterocycles.